The van der Waals surface area contributed by atoms with E-state index in [1.54, 1.807) is 18.2 Å². The molecule has 1 aromatic heterocycles. The average Bonchev–Trinajstić information content (AvgIpc) is 3.18. The van der Waals surface area contributed by atoms with Crippen LogP contribution in [-0.2, 0) is 11.2 Å². The lowest BCUT2D eigenvalue weighted by Gasteiger charge is -2.22. The number of carbonyl (C=O) groups excluding carboxylic acids is 2. The largest absolute Gasteiger partial charge is 0.493 e. The molecule has 164 valence electrons. The fourth-order valence-electron chi connectivity index (χ4n) is 3.39. The fraction of sp³-hybridized carbons (Fsp3) is 0.375. The second-order valence-corrected chi connectivity index (χ2v) is 7.72. The highest BCUT2D eigenvalue weighted by Crippen LogP contribution is 2.18. The van der Waals surface area contributed by atoms with Crippen LogP contribution in [0.15, 0.2) is 48.5 Å². The number of aryl methyl sites for hydroxylation is 1. The summed E-state index contributed by atoms with van der Waals surface area (Å²) in [6, 6.07) is 14.3. The fourth-order valence-corrected chi connectivity index (χ4v) is 3.39. The van der Waals surface area contributed by atoms with Crippen LogP contribution in [0.25, 0.3) is 11.0 Å². The summed E-state index contributed by atoms with van der Waals surface area (Å²) in [7, 11) is 0. The quantitative estimate of drug-likeness (QED) is 0.436. The number of amides is 2. The number of fused-ring (bicyclic) bond motifs is 1. The van der Waals surface area contributed by atoms with Crippen molar-refractivity contribution in [3.8, 4) is 5.75 Å². The Morgan fingerprint density at radius 2 is 1.84 bits per heavy atom. The third kappa shape index (κ3) is 5.84. The van der Waals surface area contributed by atoms with Crippen LogP contribution in [0.2, 0.25) is 0 Å². The predicted octanol–water partition coefficient (Wildman–Crippen LogP) is 3.47. The molecule has 31 heavy (non-hydrogen) atoms. The normalized spacial score (nSPS) is 12.0. The van der Waals surface area contributed by atoms with Gasteiger partial charge in [-0.3, -0.25) is 9.59 Å². The Kier molecular flexibility index (Phi) is 7.65. The van der Waals surface area contributed by atoms with E-state index in [1.165, 1.54) is 0 Å². The molecule has 0 aliphatic heterocycles. The number of aromatic nitrogens is 2. The molecule has 0 bridgehead atoms. The van der Waals surface area contributed by atoms with Crippen molar-refractivity contribution < 1.29 is 14.3 Å². The minimum absolute atomic E-state index is 0.0569. The van der Waals surface area contributed by atoms with Crippen LogP contribution in [0.1, 0.15) is 43.4 Å². The van der Waals surface area contributed by atoms with Gasteiger partial charge in [-0.25, -0.2) is 4.98 Å². The summed E-state index contributed by atoms with van der Waals surface area (Å²) in [5.41, 5.74) is 2.38. The highest BCUT2D eigenvalue weighted by atomic mass is 16.5. The standard InChI is InChI=1S/C24H30N4O3/c1-4-31-20-13-8-5-10-17(20)23(29)28-22(16(2)3)24(30)25-15-9-14-21-26-18-11-6-7-12-19(18)27-21/h5-8,10-13,16,22H,4,9,14-15H2,1-3H3,(H,25,30)(H,26,27)(H,28,29). The predicted molar refractivity (Wildman–Crippen MR) is 121 cm³/mol. The van der Waals surface area contributed by atoms with Crippen LogP contribution in [0, 0.1) is 5.92 Å². The lowest BCUT2D eigenvalue weighted by Crippen LogP contribution is -2.50. The smallest absolute Gasteiger partial charge is 0.255 e. The number of carbonyl (C=O) groups is 2. The summed E-state index contributed by atoms with van der Waals surface area (Å²) >= 11 is 0. The average molecular weight is 423 g/mol. The highest BCUT2D eigenvalue weighted by molar-refractivity contribution is 5.99. The van der Waals surface area contributed by atoms with Gasteiger partial charge in [0.15, 0.2) is 0 Å². The third-order valence-electron chi connectivity index (χ3n) is 5.00. The number of para-hydroxylation sites is 3. The van der Waals surface area contributed by atoms with E-state index in [2.05, 4.69) is 20.6 Å². The van der Waals surface area contributed by atoms with E-state index in [1.807, 2.05) is 51.1 Å². The number of ether oxygens (including phenoxy) is 1. The number of aromatic amines is 1. The van der Waals surface area contributed by atoms with E-state index in [4.69, 9.17) is 4.74 Å². The van der Waals surface area contributed by atoms with Gasteiger partial charge in [0.2, 0.25) is 5.91 Å². The van der Waals surface area contributed by atoms with Crippen molar-refractivity contribution in [1.82, 2.24) is 20.6 Å². The minimum atomic E-state index is -0.631. The molecule has 2 amide bonds. The van der Waals surface area contributed by atoms with Crippen molar-refractivity contribution in [2.45, 2.75) is 39.7 Å². The number of rotatable bonds is 10. The summed E-state index contributed by atoms with van der Waals surface area (Å²) < 4.78 is 5.53. The van der Waals surface area contributed by atoms with Crippen molar-refractivity contribution in [3.63, 3.8) is 0 Å². The molecule has 0 aliphatic carbocycles. The number of nitrogens with one attached hydrogen (secondary N) is 3. The van der Waals surface area contributed by atoms with Gasteiger partial charge in [-0.1, -0.05) is 38.1 Å². The molecule has 7 heteroatoms. The summed E-state index contributed by atoms with van der Waals surface area (Å²) in [4.78, 5) is 33.4. The molecule has 0 fully saturated rings. The first kappa shape index (κ1) is 22.3. The summed E-state index contributed by atoms with van der Waals surface area (Å²) in [6.07, 6.45) is 1.48. The van der Waals surface area contributed by atoms with Crippen molar-refractivity contribution in [2.75, 3.05) is 13.2 Å². The molecule has 1 atom stereocenters. The van der Waals surface area contributed by atoms with Gasteiger partial charge in [-0.15, -0.1) is 0 Å². The molecule has 0 saturated carbocycles. The van der Waals surface area contributed by atoms with Crippen LogP contribution in [0.5, 0.6) is 5.75 Å². The number of hydrogen-bond donors (Lipinski definition) is 3. The molecule has 3 rings (SSSR count). The van der Waals surface area contributed by atoms with E-state index in [0.717, 1.165) is 29.7 Å². The maximum Gasteiger partial charge on any atom is 0.255 e. The van der Waals surface area contributed by atoms with Crippen LogP contribution in [-0.4, -0.2) is 41.0 Å². The maximum atomic E-state index is 12.8. The zero-order valence-electron chi connectivity index (χ0n) is 18.3. The number of imidazole rings is 1. The van der Waals surface area contributed by atoms with E-state index in [-0.39, 0.29) is 17.7 Å². The first-order valence-electron chi connectivity index (χ1n) is 10.7. The molecule has 7 nitrogen and oxygen atoms in total. The molecule has 1 unspecified atom stereocenters. The van der Waals surface area contributed by atoms with Crippen LogP contribution in [0.4, 0.5) is 0 Å². The first-order valence-corrected chi connectivity index (χ1v) is 10.7. The molecule has 0 radical (unpaired) electrons. The summed E-state index contributed by atoms with van der Waals surface area (Å²) in [5, 5.41) is 5.80. The van der Waals surface area contributed by atoms with Gasteiger partial charge in [0.25, 0.3) is 5.91 Å². The van der Waals surface area contributed by atoms with Crippen LogP contribution >= 0.6 is 0 Å². The molecular weight excluding hydrogens is 392 g/mol. The number of benzene rings is 2. The summed E-state index contributed by atoms with van der Waals surface area (Å²) in [6.45, 7) is 6.65. The monoisotopic (exact) mass is 422 g/mol. The Morgan fingerprint density at radius 3 is 2.58 bits per heavy atom. The topological polar surface area (TPSA) is 96.1 Å². The van der Waals surface area contributed by atoms with Gasteiger partial charge in [0.05, 0.1) is 23.2 Å². The van der Waals surface area contributed by atoms with E-state index in [0.29, 0.717) is 24.5 Å². The van der Waals surface area contributed by atoms with Crippen molar-refractivity contribution >= 4 is 22.8 Å². The highest BCUT2D eigenvalue weighted by Gasteiger charge is 2.25. The molecule has 3 aromatic rings. The van der Waals surface area contributed by atoms with E-state index >= 15 is 0 Å². The molecule has 0 aliphatic rings. The Balaban J connectivity index is 1.53. The van der Waals surface area contributed by atoms with Crippen LogP contribution < -0.4 is 15.4 Å². The number of H-pyrrole nitrogens is 1. The Labute approximate surface area is 182 Å². The molecule has 1 heterocycles. The van der Waals surface area contributed by atoms with Crippen molar-refractivity contribution in [2.24, 2.45) is 5.92 Å². The first-order chi connectivity index (χ1) is 15.0. The molecule has 0 spiro atoms. The van der Waals surface area contributed by atoms with Gasteiger partial charge < -0.3 is 20.4 Å². The molecule has 2 aromatic carbocycles. The maximum absolute atomic E-state index is 12.8. The second-order valence-electron chi connectivity index (χ2n) is 7.72. The Bertz CT molecular complexity index is 995. The van der Waals surface area contributed by atoms with E-state index in [9.17, 15) is 9.59 Å². The minimum Gasteiger partial charge on any atom is -0.493 e. The second kappa shape index (κ2) is 10.6. The van der Waals surface area contributed by atoms with Gasteiger partial charge in [-0.2, -0.15) is 0 Å². The van der Waals surface area contributed by atoms with Crippen molar-refractivity contribution in [1.29, 1.82) is 0 Å². The Hall–Kier alpha value is -3.35. The van der Waals surface area contributed by atoms with E-state index < -0.39 is 6.04 Å². The van der Waals surface area contributed by atoms with Gasteiger partial charge >= 0.3 is 0 Å². The molecular formula is C24H30N4O3. The summed E-state index contributed by atoms with van der Waals surface area (Å²) in [5.74, 6) is 0.841. The number of nitrogens with zero attached hydrogens (tertiary/aromatic N) is 1. The lowest BCUT2D eigenvalue weighted by atomic mass is 10.0. The third-order valence-corrected chi connectivity index (χ3v) is 5.00. The zero-order chi connectivity index (χ0) is 22.2. The lowest BCUT2D eigenvalue weighted by molar-refractivity contribution is -0.123. The molecule has 0 saturated heterocycles. The SMILES string of the molecule is CCOc1ccccc1C(=O)NC(C(=O)NCCCc1nc2ccccc2[nH]1)C(C)C. The van der Waals surface area contributed by atoms with Gasteiger partial charge in [0.1, 0.15) is 17.6 Å². The van der Waals surface area contributed by atoms with Crippen LogP contribution in [0.3, 0.4) is 0 Å². The van der Waals surface area contributed by atoms with Crippen molar-refractivity contribution in [3.05, 3.63) is 59.9 Å². The zero-order valence-corrected chi connectivity index (χ0v) is 18.3. The molecule has 3 N–H and O–H groups in total. The van der Waals surface area contributed by atoms with Gasteiger partial charge in [-0.05, 0) is 43.5 Å². The van der Waals surface area contributed by atoms with Gasteiger partial charge in [0, 0.05) is 13.0 Å². The Morgan fingerprint density at radius 1 is 1.10 bits per heavy atom. The number of hydrogen-bond acceptors (Lipinski definition) is 4.